The van der Waals surface area contributed by atoms with Crippen LogP contribution in [0.3, 0.4) is 0 Å². The number of nitrogens with zero attached hydrogens (tertiary/aromatic N) is 1. The predicted octanol–water partition coefficient (Wildman–Crippen LogP) is 2.38. The standard InChI is InChI=1S/C33H42F3N5O8/c1-5-6-22(26(42)29(44)37-18-7-8-18)38-28(43)24-14-33(13-23(40-49-33)17-11-20(34)25(36)21(35)12-17)16-41(24)30(45)27(32(2,3)4)39-31(46)48-19-9-10-47-15-19/h11-13,18-19,22,24,27,40H,5-10,14-16H2,1-4H3,(H,37,44)(H,38,43)(H,39,46)/t19-,22-,24-,27+,33+/m0/s1. The average molecular weight is 694 g/mol. The summed E-state index contributed by atoms with van der Waals surface area (Å²) in [6.45, 7) is 7.31. The smallest absolute Gasteiger partial charge is 0.408 e. The first-order valence-electron chi connectivity index (χ1n) is 16.4. The number of carbonyl (C=O) groups excluding carboxylic acids is 5. The fourth-order valence-electron chi connectivity index (χ4n) is 6.07. The van der Waals surface area contributed by atoms with E-state index in [9.17, 15) is 37.1 Å². The molecule has 1 spiro atoms. The zero-order valence-corrected chi connectivity index (χ0v) is 27.8. The molecule has 5 atom stereocenters. The highest BCUT2D eigenvalue weighted by Gasteiger charge is 2.54. The molecule has 4 aliphatic rings. The number of ether oxygens (including phenoxy) is 2. The van der Waals surface area contributed by atoms with Crippen molar-refractivity contribution < 1.29 is 51.5 Å². The van der Waals surface area contributed by atoms with Crippen molar-refractivity contribution in [1.29, 1.82) is 0 Å². The molecule has 1 aliphatic carbocycles. The molecule has 3 heterocycles. The molecule has 3 aliphatic heterocycles. The van der Waals surface area contributed by atoms with E-state index in [0.29, 0.717) is 19.4 Å². The van der Waals surface area contributed by atoms with E-state index in [-0.39, 0.29) is 43.3 Å². The second kappa shape index (κ2) is 14.4. The van der Waals surface area contributed by atoms with Gasteiger partial charge in [0.1, 0.15) is 23.8 Å². The number of alkyl carbamates (subject to hydrolysis) is 1. The molecular weight excluding hydrogens is 651 g/mol. The normalized spacial score (nSPS) is 24.6. The quantitative estimate of drug-likeness (QED) is 0.201. The Balaban J connectivity index is 1.43. The van der Waals surface area contributed by atoms with Crippen LogP contribution in [0.1, 0.15) is 71.8 Å². The SMILES string of the molecule is CCC[C@H](NC(=O)[C@@H]1C[C@]2(C=C(c3cc(F)c(F)c(F)c3)NO2)CN1C(=O)[C@@H](NC(=O)O[C@H]1CCOC1)C(C)(C)C)C(=O)C(=O)NC1CC1. The van der Waals surface area contributed by atoms with Crippen molar-refractivity contribution in [3.63, 3.8) is 0 Å². The van der Waals surface area contributed by atoms with E-state index < -0.39 is 82.3 Å². The highest BCUT2D eigenvalue weighted by molar-refractivity contribution is 6.38. The van der Waals surface area contributed by atoms with Crippen molar-refractivity contribution in [2.45, 2.75) is 102 Å². The van der Waals surface area contributed by atoms with Gasteiger partial charge in [-0.3, -0.25) is 29.5 Å². The molecule has 0 aromatic heterocycles. The van der Waals surface area contributed by atoms with Gasteiger partial charge in [0.05, 0.1) is 31.5 Å². The van der Waals surface area contributed by atoms with Gasteiger partial charge in [0.15, 0.2) is 17.5 Å². The van der Waals surface area contributed by atoms with E-state index >= 15 is 0 Å². The maximum Gasteiger partial charge on any atom is 0.408 e. The topological polar surface area (TPSA) is 164 Å². The summed E-state index contributed by atoms with van der Waals surface area (Å²) in [5.41, 5.74) is 0.246. The minimum absolute atomic E-state index is 0.0647. The average Bonchev–Trinajstić information content (AvgIpc) is 3.38. The maximum atomic E-state index is 14.4. The van der Waals surface area contributed by atoms with Crippen LogP contribution in [-0.4, -0.2) is 90.1 Å². The van der Waals surface area contributed by atoms with Crippen molar-refractivity contribution in [1.82, 2.24) is 26.3 Å². The van der Waals surface area contributed by atoms with E-state index in [1.54, 1.807) is 27.7 Å². The summed E-state index contributed by atoms with van der Waals surface area (Å²) < 4.78 is 52.5. The number of amides is 4. The molecule has 0 unspecified atom stereocenters. The fourth-order valence-corrected chi connectivity index (χ4v) is 6.07. The van der Waals surface area contributed by atoms with Gasteiger partial charge < -0.3 is 30.3 Å². The first kappa shape index (κ1) is 36.1. The maximum absolute atomic E-state index is 14.4. The molecule has 4 N–H and O–H groups in total. The Labute approximate surface area is 281 Å². The van der Waals surface area contributed by atoms with Gasteiger partial charge in [0.25, 0.3) is 5.91 Å². The van der Waals surface area contributed by atoms with Crippen LogP contribution in [-0.2, 0) is 33.5 Å². The van der Waals surface area contributed by atoms with Gasteiger partial charge >= 0.3 is 6.09 Å². The highest BCUT2D eigenvalue weighted by atomic mass is 19.2. The summed E-state index contributed by atoms with van der Waals surface area (Å²) in [5.74, 6) is -7.54. The van der Waals surface area contributed by atoms with E-state index in [4.69, 9.17) is 14.3 Å². The number of nitrogens with one attached hydrogen (secondary N) is 4. The van der Waals surface area contributed by atoms with Crippen LogP contribution in [0.2, 0.25) is 0 Å². The molecule has 4 amide bonds. The van der Waals surface area contributed by atoms with Crippen molar-refractivity contribution >= 4 is 35.3 Å². The fraction of sp³-hybridized carbons (Fsp3) is 0.606. The van der Waals surface area contributed by atoms with E-state index in [1.807, 2.05) is 0 Å². The van der Waals surface area contributed by atoms with Crippen molar-refractivity contribution in [3.05, 3.63) is 41.2 Å². The summed E-state index contributed by atoms with van der Waals surface area (Å²) in [7, 11) is 0. The molecule has 0 bridgehead atoms. The first-order valence-corrected chi connectivity index (χ1v) is 16.4. The number of benzene rings is 1. The number of likely N-dealkylation sites (tertiary alicyclic amines) is 1. The summed E-state index contributed by atoms with van der Waals surface area (Å²) in [5, 5.41) is 7.91. The lowest BCUT2D eigenvalue weighted by molar-refractivity contribution is -0.144. The molecule has 5 rings (SSSR count). The molecule has 3 fully saturated rings. The van der Waals surface area contributed by atoms with Crippen LogP contribution in [0.4, 0.5) is 18.0 Å². The molecule has 1 aromatic rings. The van der Waals surface area contributed by atoms with E-state index in [0.717, 1.165) is 25.0 Å². The molecule has 1 saturated carbocycles. The van der Waals surface area contributed by atoms with Gasteiger partial charge in [-0.15, -0.1) is 0 Å². The van der Waals surface area contributed by atoms with Crippen LogP contribution in [0.25, 0.3) is 5.70 Å². The van der Waals surface area contributed by atoms with Crippen LogP contribution < -0.4 is 21.4 Å². The lowest BCUT2D eigenvalue weighted by Gasteiger charge is -2.35. The van der Waals surface area contributed by atoms with Crippen molar-refractivity contribution in [2.24, 2.45) is 5.41 Å². The Morgan fingerprint density at radius 1 is 1.08 bits per heavy atom. The third-order valence-corrected chi connectivity index (χ3v) is 8.89. The van der Waals surface area contributed by atoms with Crippen molar-refractivity contribution in [2.75, 3.05) is 19.8 Å². The van der Waals surface area contributed by atoms with E-state index in [1.165, 1.54) is 11.0 Å². The van der Waals surface area contributed by atoms with Gasteiger partial charge in [-0.25, -0.2) is 18.0 Å². The summed E-state index contributed by atoms with van der Waals surface area (Å²) >= 11 is 0. The summed E-state index contributed by atoms with van der Waals surface area (Å²) in [6, 6.07) is -2.20. The lowest BCUT2D eigenvalue weighted by Crippen LogP contribution is -2.59. The summed E-state index contributed by atoms with van der Waals surface area (Å²) in [6.07, 6.45) is 2.55. The van der Waals surface area contributed by atoms with Crippen LogP contribution >= 0.6 is 0 Å². The zero-order valence-electron chi connectivity index (χ0n) is 27.8. The monoisotopic (exact) mass is 693 g/mol. The first-order chi connectivity index (χ1) is 23.1. The second-order valence-electron chi connectivity index (χ2n) is 14.1. The van der Waals surface area contributed by atoms with Gasteiger partial charge in [0.2, 0.25) is 17.6 Å². The Morgan fingerprint density at radius 3 is 2.37 bits per heavy atom. The zero-order chi connectivity index (χ0) is 35.7. The molecule has 16 heteroatoms. The molecule has 13 nitrogen and oxygen atoms in total. The van der Waals surface area contributed by atoms with Crippen LogP contribution in [0, 0.1) is 22.9 Å². The third-order valence-electron chi connectivity index (χ3n) is 8.89. The minimum Gasteiger partial charge on any atom is -0.444 e. The number of hydrogen-bond donors (Lipinski definition) is 4. The summed E-state index contributed by atoms with van der Waals surface area (Å²) in [4.78, 5) is 74.0. The van der Waals surface area contributed by atoms with Gasteiger partial charge in [0, 0.05) is 24.4 Å². The van der Waals surface area contributed by atoms with Gasteiger partial charge in [-0.05, 0) is 42.9 Å². The Hall–Kier alpha value is -4.18. The molecule has 268 valence electrons. The molecule has 0 radical (unpaired) electrons. The van der Waals surface area contributed by atoms with E-state index in [2.05, 4.69) is 21.4 Å². The molecule has 2 saturated heterocycles. The lowest BCUT2D eigenvalue weighted by atomic mass is 9.85. The number of rotatable bonds is 11. The number of hydrogen-bond acceptors (Lipinski definition) is 9. The minimum atomic E-state index is -1.64. The number of Topliss-reactive ketones (excluding diaryl/α,β-unsaturated/α-hetero) is 1. The van der Waals surface area contributed by atoms with Crippen molar-refractivity contribution in [3.8, 4) is 0 Å². The van der Waals surface area contributed by atoms with Crippen LogP contribution in [0.5, 0.6) is 0 Å². The highest BCUT2D eigenvalue weighted by Crippen LogP contribution is 2.39. The molecular formula is C33H42F3N5O8. The molecule has 49 heavy (non-hydrogen) atoms. The number of halogens is 3. The number of hydroxylamine groups is 1. The Kier molecular flexibility index (Phi) is 10.6. The Bertz CT molecular complexity index is 1500. The van der Waals surface area contributed by atoms with Crippen LogP contribution in [0.15, 0.2) is 18.2 Å². The number of ketones is 1. The predicted molar refractivity (Wildman–Crippen MR) is 166 cm³/mol. The van der Waals surface area contributed by atoms with Gasteiger partial charge in [-0.1, -0.05) is 34.1 Å². The third kappa shape index (κ3) is 8.35. The second-order valence-corrected chi connectivity index (χ2v) is 14.1. The number of carbonyl (C=O) groups is 5. The van der Waals surface area contributed by atoms with Gasteiger partial charge in [-0.2, -0.15) is 0 Å². The molecule has 1 aromatic carbocycles. The Morgan fingerprint density at radius 2 is 1.78 bits per heavy atom. The largest absolute Gasteiger partial charge is 0.444 e.